The van der Waals surface area contributed by atoms with Crippen LogP contribution in [0.3, 0.4) is 0 Å². The van der Waals surface area contributed by atoms with Gasteiger partial charge in [-0.05, 0) is 79.1 Å². The van der Waals surface area contributed by atoms with Crippen LogP contribution in [0.15, 0.2) is 12.2 Å². The fourth-order valence-electron chi connectivity index (χ4n) is 2.48. The Balaban J connectivity index is 2.59. The first-order valence-corrected chi connectivity index (χ1v) is 8.10. The van der Waals surface area contributed by atoms with Crippen molar-refractivity contribution in [3.63, 3.8) is 0 Å². The summed E-state index contributed by atoms with van der Waals surface area (Å²) in [5.41, 5.74) is -0.0960. The first-order valence-electron chi connectivity index (χ1n) is 8.10. The molecule has 0 bridgehead atoms. The van der Waals surface area contributed by atoms with Crippen molar-refractivity contribution in [2.45, 2.75) is 78.4 Å². The van der Waals surface area contributed by atoms with Gasteiger partial charge < -0.3 is 9.47 Å². The zero-order valence-corrected chi connectivity index (χ0v) is 14.4. The van der Waals surface area contributed by atoms with Crippen LogP contribution in [-0.2, 0) is 9.47 Å². The topological polar surface area (TPSA) is 18.5 Å². The van der Waals surface area contributed by atoms with Crippen LogP contribution in [0.5, 0.6) is 0 Å². The Labute approximate surface area is 125 Å². The van der Waals surface area contributed by atoms with Gasteiger partial charge >= 0.3 is 0 Å². The minimum Gasteiger partial charge on any atom is -0.376 e. The number of ether oxygens (including phenoxy) is 2. The van der Waals surface area contributed by atoms with Gasteiger partial charge in [-0.25, -0.2) is 0 Å². The van der Waals surface area contributed by atoms with Crippen LogP contribution >= 0.6 is 0 Å². The van der Waals surface area contributed by atoms with Crippen LogP contribution < -0.4 is 0 Å². The first kappa shape index (κ1) is 17.7. The van der Waals surface area contributed by atoms with Crippen molar-refractivity contribution in [2.75, 3.05) is 13.2 Å². The third kappa shape index (κ3) is 8.06. The summed E-state index contributed by atoms with van der Waals surface area (Å²) in [5.74, 6) is 1.23. The largest absolute Gasteiger partial charge is 0.376 e. The highest BCUT2D eigenvalue weighted by molar-refractivity contribution is 4.88. The Hall–Kier alpha value is -0.340. The molecule has 0 radical (unpaired) electrons. The van der Waals surface area contributed by atoms with E-state index in [2.05, 4.69) is 53.7 Å². The summed E-state index contributed by atoms with van der Waals surface area (Å²) >= 11 is 0. The molecule has 1 aliphatic rings. The number of allylic oxidation sites excluding steroid dienone is 2. The third-order valence-electron chi connectivity index (χ3n) is 3.70. The smallest absolute Gasteiger partial charge is 0.0598 e. The normalized spacial score (nSPS) is 25.3. The second-order valence-electron chi connectivity index (χ2n) is 7.99. The molecule has 0 saturated heterocycles. The van der Waals surface area contributed by atoms with Gasteiger partial charge in [0.25, 0.3) is 0 Å². The van der Waals surface area contributed by atoms with Crippen LogP contribution in [-0.4, -0.2) is 24.4 Å². The van der Waals surface area contributed by atoms with Gasteiger partial charge in [0.2, 0.25) is 0 Å². The lowest BCUT2D eigenvalue weighted by molar-refractivity contribution is -0.0672. The second kappa shape index (κ2) is 7.61. The summed E-state index contributed by atoms with van der Waals surface area (Å²) in [6.45, 7) is 14.5. The standard InChI is InChI=1S/C18H34O2/c1-17(2,3)19-13-15-11-9-7-8-10-12-16(15)14-20-18(4,5)6/h7-8,15-16H,9-14H2,1-6H3. The molecule has 1 aliphatic carbocycles. The maximum atomic E-state index is 6.05. The highest BCUT2D eigenvalue weighted by Gasteiger charge is 2.26. The molecule has 2 nitrogen and oxygen atoms in total. The van der Waals surface area contributed by atoms with Crippen molar-refractivity contribution >= 4 is 0 Å². The van der Waals surface area contributed by atoms with E-state index < -0.39 is 0 Å². The molecule has 0 fully saturated rings. The molecule has 0 heterocycles. The Morgan fingerprint density at radius 1 is 0.750 bits per heavy atom. The van der Waals surface area contributed by atoms with Gasteiger partial charge in [-0.2, -0.15) is 0 Å². The van der Waals surface area contributed by atoms with E-state index in [1.165, 1.54) is 25.7 Å². The maximum Gasteiger partial charge on any atom is 0.0598 e. The molecule has 2 atom stereocenters. The molecule has 2 unspecified atom stereocenters. The van der Waals surface area contributed by atoms with E-state index in [1.54, 1.807) is 0 Å². The second-order valence-corrected chi connectivity index (χ2v) is 7.99. The SMILES string of the molecule is CC(C)(C)OCC1CCC=CCCC1COC(C)(C)C. The van der Waals surface area contributed by atoms with Gasteiger partial charge in [0.15, 0.2) is 0 Å². The Kier molecular flexibility index (Phi) is 6.74. The summed E-state index contributed by atoms with van der Waals surface area (Å²) < 4.78 is 12.1. The average Bonchev–Trinajstić information content (AvgIpc) is 2.24. The van der Waals surface area contributed by atoms with Gasteiger partial charge in [-0.15, -0.1) is 0 Å². The third-order valence-corrected chi connectivity index (χ3v) is 3.70. The molecule has 0 aromatic carbocycles. The number of hydrogen-bond acceptors (Lipinski definition) is 2. The molecule has 118 valence electrons. The van der Waals surface area contributed by atoms with Gasteiger partial charge in [-0.3, -0.25) is 0 Å². The summed E-state index contributed by atoms with van der Waals surface area (Å²) in [6.07, 6.45) is 9.42. The van der Waals surface area contributed by atoms with Crippen molar-refractivity contribution < 1.29 is 9.47 Å². The van der Waals surface area contributed by atoms with E-state index >= 15 is 0 Å². The van der Waals surface area contributed by atoms with Crippen LogP contribution in [0.2, 0.25) is 0 Å². The fourth-order valence-corrected chi connectivity index (χ4v) is 2.48. The lowest BCUT2D eigenvalue weighted by Gasteiger charge is -2.32. The van der Waals surface area contributed by atoms with Gasteiger partial charge in [-0.1, -0.05) is 12.2 Å². The van der Waals surface area contributed by atoms with E-state index in [9.17, 15) is 0 Å². The average molecular weight is 282 g/mol. The zero-order valence-electron chi connectivity index (χ0n) is 14.4. The minimum atomic E-state index is -0.0480. The minimum absolute atomic E-state index is 0.0480. The summed E-state index contributed by atoms with van der Waals surface area (Å²) in [4.78, 5) is 0. The summed E-state index contributed by atoms with van der Waals surface area (Å²) in [6, 6.07) is 0. The van der Waals surface area contributed by atoms with Gasteiger partial charge in [0, 0.05) is 0 Å². The van der Waals surface area contributed by atoms with E-state index in [1.807, 2.05) is 0 Å². The monoisotopic (exact) mass is 282 g/mol. The highest BCUT2D eigenvalue weighted by Crippen LogP contribution is 2.28. The van der Waals surface area contributed by atoms with Crippen molar-refractivity contribution in [1.82, 2.24) is 0 Å². The van der Waals surface area contributed by atoms with E-state index in [-0.39, 0.29) is 11.2 Å². The van der Waals surface area contributed by atoms with Crippen LogP contribution in [0.4, 0.5) is 0 Å². The predicted molar refractivity (Wildman–Crippen MR) is 86.0 cm³/mol. The predicted octanol–water partition coefficient (Wildman–Crippen LogP) is 4.98. The van der Waals surface area contributed by atoms with Gasteiger partial charge in [0.05, 0.1) is 24.4 Å². The van der Waals surface area contributed by atoms with Crippen molar-refractivity contribution in [3.05, 3.63) is 12.2 Å². The molecule has 0 amide bonds. The Morgan fingerprint density at radius 2 is 1.10 bits per heavy atom. The van der Waals surface area contributed by atoms with E-state index in [4.69, 9.17) is 9.47 Å². The van der Waals surface area contributed by atoms with E-state index in [0.29, 0.717) is 11.8 Å². The lowest BCUT2D eigenvalue weighted by Crippen LogP contribution is -2.32. The molecular formula is C18H34O2. The molecule has 2 heteroatoms. The van der Waals surface area contributed by atoms with Crippen molar-refractivity contribution in [1.29, 1.82) is 0 Å². The first-order chi connectivity index (χ1) is 9.17. The molecular weight excluding hydrogens is 248 g/mol. The van der Waals surface area contributed by atoms with Crippen molar-refractivity contribution in [3.8, 4) is 0 Å². The molecule has 1 rings (SSSR count). The maximum absolute atomic E-state index is 6.05. The zero-order chi connectivity index (χ0) is 15.2. The lowest BCUT2D eigenvalue weighted by atomic mass is 9.84. The fraction of sp³-hybridized carbons (Fsp3) is 0.889. The van der Waals surface area contributed by atoms with Crippen LogP contribution in [0.25, 0.3) is 0 Å². The van der Waals surface area contributed by atoms with Crippen LogP contribution in [0.1, 0.15) is 67.2 Å². The summed E-state index contributed by atoms with van der Waals surface area (Å²) in [7, 11) is 0. The number of hydrogen-bond donors (Lipinski definition) is 0. The van der Waals surface area contributed by atoms with E-state index in [0.717, 1.165) is 13.2 Å². The molecule has 0 spiro atoms. The highest BCUT2D eigenvalue weighted by atomic mass is 16.5. The van der Waals surface area contributed by atoms with Crippen LogP contribution in [0, 0.1) is 11.8 Å². The molecule has 0 aliphatic heterocycles. The Morgan fingerprint density at radius 3 is 1.40 bits per heavy atom. The molecule has 20 heavy (non-hydrogen) atoms. The van der Waals surface area contributed by atoms with Crippen molar-refractivity contribution in [2.24, 2.45) is 11.8 Å². The molecule has 0 saturated carbocycles. The summed E-state index contributed by atoms with van der Waals surface area (Å²) in [5, 5.41) is 0. The molecule has 0 aromatic rings. The molecule has 0 aromatic heterocycles. The number of rotatable bonds is 4. The van der Waals surface area contributed by atoms with Gasteiger partial charge in [0.1, 0.15) is 0 Å². The Bertz CT molecular complexity index is 264. The molecule has 0 N–H and O–H groups in total. The quantitative estimate of drug-likeness (QED) is 0.677.